The fraction of sp³-hybridized carbons (Fsp3) is 0.571. The Labute approximate surface area is 108 Å². The van der Waals surface area contributed by atoms with Gasteiger partial charge in [-0.1, -0.05) is 0 Å². The standard InChI is InChI=1S/C14H21NO3/c1-9(15)6-10-7-13(16-2)11-4-5-18-8-12(11)14(10)17-3/h7,9H,4-6,8,15H2,1-3H3. The van der Waals surface area contributed by atoms with E-state index in [1.54, 1.807) is 14.2 Å². The van der Waals surface area contributed by atoms with Gasteiger partial charge in [0.15, 0.2) is 0 Å². The van der Waals surface area contributed by atoms with Gasteiger partial charge in [-0.15, -0.1) is 0 Å². The molecule has 0 amide bonds. The molecule has 1 heterocycles. The highest BCUT2D eigenvalue weighted by atomic mass is 16.5. The van der Waals surface area contributed by atoms with Crippen molar-refractivity contribution in [2.45, 2.75) is 32.4 Å². The Balaban J connectivity index is 2.53. The Morgan fingerprint density at radius 1 is 1.33 bits per heavy atom. The summed E-state index contributed by atoms with van der Waals surface area (Å²) in [7, 11) is 3.40. The van der Waals surface area contributed by atoms with Gasteiger partial charge in [-0.3, -0.25) is 0 Å². The number of hydrogen-bond donors (Lipinski definition) is 1. The molecule has 0 saturated carbocycles. The van der Waals surface area contributed by atoms with Crippen LogP contribution < -0.4 is 15.2 Å². The molecule has 2 rings (SSSR count). The zero-order valence-corrected chi connectivity index (χ0v) is 11.3. The Morgan fingerprint density at radius 3 is 2.72 bits per heavy atom. The summed E-state index contributed by atoms with van der Waals surface area (Å²) in [6, 6.07) is 2.14. The normalized spacial score (nSPS) is 16.0. The molecule has 0 radical (unpaired) electrons. The molecule has 100 valence electrons. The Hall–Kier alpha value is -1.26. The third-order valence-electron chi connectivity index (χ3n) is 3.24. The zero-order chi connectivity index (χ0) is 13.1. The number of fused-ring (bicyclic) bond motifs is 1. The first-order chi connectivity index (χ1) is 8.67. The molecule has 0 spiro atoms. The Morgan fingerprint density at radius 2 is 2.11 bits per heavy atom. The van der Waals surface area contributed by atoms with Crippen LogP contribution in [0.1, 0.15) is 23.6 Å². The zero-order valence-electron chi connectivity index (χ0n) is 11.3. The fourth-order valence-corrected chi connectivity index (χ4v) is 2.50. The predicted molar refractivity (Wildman–Crippen MR) is 70.3 cm³/mol. The maximum atomic E-state index is 5.89. The van der Waals surface area contributed by atoms with Crippen molar-refractivity contribution in [2.75, 3.05) is 20.8 Å². The fourth-order valence-electron chi connectivity index (χ4n) is 2.50. The van der Waals surface area contributed by atoms with Crippen molar-refractivity contribution < 1.29 is 14.2 Å². The van der Waals surface area contributed by atoms with Gasteiger partial charge >= 0.3 is 0 Å². The molecule has 0 aliphatic carbocycles. The number of methoxy groups -OCH3 is 2. The number of ether oxygens (including phenoxy) is 3. The van der Waals surface area contributed by atoms with Crippen LogP contribution in [-0.4, -0.2) is 26.9 Å². The molecule has 2 N–H and O–H groups in total. The van der Waals surface area contributed by atoms with Crippen LogP contribution >= 0.6 is 0 Å². The molecular weight excluding hydrogens is 230 g/mol. The summed E-state index contributed by atoms with van der Waals surface area (Å²) in [4.78, 5) is 0. The highest BCUT2D eigenvalue weighted by Crippen LogP contribution is 2.37. The second kappa shape index (κ2) is 5.59. The largest absolute Gasteiger partial charge is 0.496 e. The lowest BCUT2D eigenvalue weighted by Crippen LogP contribution is -2.20. The average molecular weight is 251 g/mol. The average Bonchev–Trinajstić information content (AvgIpc) is 2.37. The summed E-state index contributed by atoms with van der Waals surface area (Å²) in [5, 5.41) is 0. The van der Waals surface area contributed by atoms with E-state index in [0.717, 1.165) is 42.1 Å². The smallest absolute Gasteiger partial charge is 0.128 e. The summed E-state index contributed by atoms with van der Waals surface area (Å²) in [5.41, 5.74) is 9.29. The molecule has 0 fully saturated rings. The summed E-state index contributed by atoms with van der Waals surface area (Å²) < 4.78 is 16.6. The maximum Gasteiger partial charge on any atom is 0.128 e. The monoisotopic (exact) mass is 251 g/mol. The molecule has 0 aromatic heterocycles. The quantitative estimate of drug-likeness (QED) is 0.884. The summed E-state index contributed by atoms with van der Waals surface area (Å²) in [5.74, 6) is 1.83. The molecular formula is C14H21NO3. The van der Waals surface area contributed by atoms with Crippen LogP contribution in [0, 0.1) is 0 Å². The van der Waals surface area contributed by atoms with Gasteiger partial charge in [-0.2, -0.15) is 0 Å². The van der Waals surface area contributed by atoms with Gasteiger partial charge in [0.1, 0.15) is 11.5 Å². The van der Waals surface area contributed by atoms with Crippen molar-refractivity contribution in [1.29, 1.82) is 0 Å². The van der Waals surface area contributed by atoms with Gasteiger partial charge in [0.25, 0.3) is 0 Å². The first-order valence-electron chi connectivity index (χ1n) is 6.26. The molecule has 4 heteroatoms. The molecule has 0 saturated heterocycles. The molecule has 1 atom stereocenters. The summed E-state index contributed by atoms with van der Waals surface area (Å²) in [6.45, 7) is 3.31. The van der Waals surface area contributed by atoms with E-state index in [-0.39, 0.29) is 6.04 Å². The second-order valence-corrected chi connectivity index (χ2v) is 4.71. The summed E-state index contributed by atoms with van der Waals surface area (Å²) in [6.07, 6.45) is 1.64. The van der Waals surface area contributed by atoms with Crippen LogP contribution in [0.2, 0.25) is 0 Å². The third-order valence-corrected chi connectivity index (χ3v) is 3.24. The minimum atomic E-state index is 0.0890. The first kappa shape index (κ1) is 13.2. The minimum absolute atomic E-state index is 0.0890. The van der Waals surface area contributed by atoms with Gasteiger partial charge < -0.3 is 19.9 Å². The highest BCUT2D eigenvalue weighted by molar-refractivity contribution is 5.54. The first-order valence-corrected chi connectivity index (χ1v) is 6.26. The Kier molecular flexibility index (Phi) is 4.09. The number of nitrogens with two attached hydrogens (primary N) is 1. The van der Waals surface area contributed by atoms with Crippen molar-refractivity contribution in [3.8, 4) is 11.5 Å². The van der Waals surface area contributed by atoms with Crippen LogP contribution in [0.5, 0.6) is 11.5 Å². The van der Waals surface area contributed by atoms with E-state index in [0.29, 0.717) is 6.61 Å². The summed E-state index contributed by atoms with van der Waals surface area (Å²) >= 11 is 0. The lowest BCUT2D eigenvalue weighted by atomic mass is 9.95. The molecule has 1 aliphatic heterocycles. The second-order valence-electron chi connectivity index (χ2n) is 4.71. The number of hydrogen-bond acceptors (Lipinski definition) is 4. The van der Waals surface area contributed by atoms with Crippen LogP contribution in [0.4, 0.5) is 0 Å². The minimum Gasteiger partial charge on any atom is -0.496 e. The van der Waals surface area contributed by atoms with E-state index in [1.807, 2.05) is 13.0 Å². The molecule has 1 aromatic rings. The SMILES string of the molecule is COc1cc(CC(C)N)c(OC)c2c1CCOC2. The van der Waals surface area contributed by atoms with Crippen LogP contribution in [0.15, 0.2) is 6.07 Å². The van der Waals surface area contributed by atoms with Crippen molar-refractivity contribution >= 4 is 0 Å². The molecule has 1 unspecified atom stereocenters. The highest BCUT2D eigenvalue weighted by Gasteiger charge is 2.22. The van der Waals surface area contributed by atoms with Crippen LogP contribution in [-0.2, 0) is 24.2 Å². The van der Waals surface area contributed by atoms with Crippen LogP contribution in [0.25, 0.3) is 0 Å². The van der Waals surface area contributed by atoms with E-state index < -0.39 is 0 Å². The number of benzene rings is 1. The van der Waals surface area contributed by atoms with Crippen molar-refractivity contribution in [1.82, 2.24) is 0 Å². The van der Waals surface area contributed by atoms with Crippen molar-refractivity contribution in [3.05, 3.63) is 22.8 Å². The van der Waals surface area contributed by atoms with E-state index in [2.05, 4.69) is 0 Å². The maximum absolute atomic E-state index is 5.89. The molecule has 1 aromatic carbocycles. The van der Waals surface area contributed by atoms with E-state index >= 15 is 0 Å². The van der Waals surface area contributed by atoms with Gasteiger partial charge in [0, 0.05) is 17.2 Å². The Bertz CT molecular complexity index is 430. The van der Waals surface area contributed by atoms with Crippen LogP contribution in [0.3, 0.4) is 0 Å². The lowest BCUT2D eigenvalue weighted by molar-refractivity contribution is 0.107. The van der Waals surface area contributed by atoms with Gasteiger partial charge in [-0.05, 0) is 31.4 Å². The lowest BCUT2D eigenvalue weighted by Gasteiger charge is -2.24. The van der Waals surface area contributed by atoms with Crippen molar-refractivity contribution in [3.63, 3.8) is 0 Å². The number of rotatable bonds is 4. The molecule has 0 bridgehead atoms. The van der Waals surface area contributed by atoms with E-state index in [1.165, 1.54) is 5.56 Å². The predicted octanol–water partition coefficient (Wildman–Crippen LogP) is 1.67. The van der Waals surface area contributed by atoms with Crippen molar-refractivity contribution in [2.24, 2.45) is 5.73 Å². The van der Waals surface area contributed by atoms with Gasteiger partial charge in [0.2, 0.25) is 0 Å². The van der Waals surface area contributed by atoms with E-state index in [4.69, 9.17) is 19.9 Å². The molecule has 18 heavy (non-hydrogen) atoms. The molecule has 4 nitrogen and oxygen atoms in total. The van der Waals surface area contributed by atoms with E-state index in [9.17, 15) is 0 Å². The topological polar surface area (TPSA) is 53.7 Å². The molecule has 1 aliphatic rings. The van der Waals surface area contributed by atoms with Gasteiger partial charge in [-0.25, -0.2) is 0 Å². The van der Waals surface area contributed by atoms with Gasteiger partial charge in [0.05, 0.1) is 27.4 Å². The third kappa shape index (κ3) is 2.44.